The van der Waals surface area contributed by atoms with Crippen LogP contribution in [0.5, 0.6) is 0 Å². The van der Waals surface area contributed by atoms with E-state index in [1.807, 2.05) is 36.4 Å². The lowest BCUT2D eigenvalue weighted by atomic mass is 9.98. The van der Waals surface area contributed by atoms with Crippen LogP contribution in [-0.4, -0.2) is 54.0 Å². The fourth-order valence-corrected chi connectivity index (χ4v) is 4.37. The van der Waals surface area contributed by atoms with Crippen molar-refractivity contribution in [3.05, 3.63) is 72.3 Å². The molecule has 2 atom stereocenters. The van der Waals surface area contributed by atoms with Crippen molar-refractivity contribution in [2.75, 3.05) is 19.8 Å². The van der Waals surface area contributed by atoms with Gasteiger partial charge in [0, 0.05) is 12.5 Å². The minimum atomic E-state index is -1.06. The van der Waals surface area contributed by atoms with E-state index in [2.05, 4.69) is 18.7 Å². The maximum absolute atomic E-state index is 12.9. The van der Waals surface area contributed by atoms with Gasteiger partial charge in [-0.25, -0.2) is 9.59 Å². The standard InChI is InChI=1S/C24H25NO5/c1-2-14-29-23(27)22-21(26)12-7-13-25(22)24(28)30-15-20-18-10-5-3-8-16(18)17-9-4-6-11-19(17)20/h2-6,8-11,20-22,26H,1,7,12-15H2. The number of carbonyl (C=O) groups is 2. The Morgan fingerprint density at radius 2 is 1.70 bits per heavy atom. The zero-order valence-corrected chi connectivity index (χ0v) is 16.7. The van der Waals surface area contributed by atoms with Crippen LogP contribution >= 0.6 is 0 Å². The van der Waals surface area contributed by atoms with Gasteiger partial charge in [-0.2, -0.15) is 0 Å². The highest BCUT2D eigenvalue weighted by Crippen LogP contribution is 2.44. The molecule has 1 saturated heterocycles. The summed E-state index contributed by atoms with van der Waals surface area (Å²) >= 11 is 0. The molecule has 4 rings (SSSR count). The molecule has 2 aromatic rings. The van der Waals surface area contributed by atoms with Gasteiger partial charge in [-0.05, 0) is 35.1 Å². The second-order valence-corrected chi connectivity index (χ2v) is 7.57. The van der Waals surface area contributed by atoms with Gasteiger partial charge in [0.2, 0.25) is 0 Å². The Hall–Kier alpha value is -3.12. The van der Waals surface area contributed by atoms with Gasteiger partial charge in [-0.1, -0.05) is 61.2 Å². The quantitative estimate of drug-likeness (QED) is 0.607. The summed E-state index contributed by atoms with van der Waals surface area (Å²) in [5.41, 5.74) is 4.53. The molecule has 0 aromatic heterocycles. The van der Waals surface area contributed by atoms with E-state index in [0.717, 1.165) is 22.3 Å². The van der Waals surface area contributed by atoms with Gasteiger partial charge in [-0.15, -0.1) is 0 Å². The van der Waals surface area contributed by atoms with E-state index in [1.54, 1.807) is 0 Å². The van der Waals surface area contributed by atoms with Crippen LogP contribution < -0.4 is 0 Å². The first-order chi connectivity index (χ1) is 14.6. The molecule has 1 amide bonds. The molecular weight excluding hydrogens is 382 g/mol. The van der Waals surface area contributed by atoms with Crippen LogP contribution in [0.4, 0.5) is 4.79 Å². The van der Waals surface area contributed by atoms with Crippen molar-refractivity contribution >= 4 is 12.1 Å². The van der Waals surface area contributed by atoms with Crippen molar-refractivity contribution in [1.82, 2.24) is 4.90 Å². The Bertz CT molecular complexity index is 911. The van der Waals surface area contributed by atoms with Crippen LogP contribution in [0.3, 0.4) is 0 Å². The topological polar surface area (TPSA) is 76.1 Å². The van der Waals surface area contributed by atoms with E-state index in [0.29, 0.717) is 19.4 Å². The SMILES string of the molecule is C=CCOC(=O)C1C(O)CCCN1C(=O)OCC1c2ccccc2-c2ccccc21. The van der Waals surface area contributed by atoms with E-state index in [-0.39, 0.29) is 19.1 Å². The number of hydrogen-bond acceptors (Lipinski definition) is 5. The molecule has 1 aliphatic carbocycles. The van der Waals surface area contributed by atoms with Gasteiger partial charge in [0.25, 0.3) is 0 Å². The number of likely N-dealkylation sites (tertiary alicyclic amines) is 1. The number of piperidine rings is 1. The monoisotopic (exact) mass is 407 g/mol. The summed E-state index contributed by atoms with van der Waals surface area (Å²) in [7, 11) is 0. The highest BCUT2D eigenvalue weighted by Gasteiger charge is 2.41. The van der Waals surface area contributed by atoms with Crippen LogP contribution in [0.25, 0.3) is 11.1 Å². The fourth-order valence-electron chi connectivity index (χ4n) is 4.37. The lowest BCUT2D eigenvalue weighted by molar-refractivity contribution is -0.154. The lowest BCUT2D eigenvalue weighted by Crippen LogP contribution is -2.55. The summed E-state index contributed by atoms with van der Waals surface area (Å²) < 4.78 is 10.7. The normalized spacial score (nSPS) is 20.2. The molecule has 1 aliphatic heterocycles. The van der Waals surface area contributed by atoms with Crippen LogP contribution in [0.15, 0.2) is 61.2 Å². The highest BCUT2D eigenvalue weighted by molar-refractivity contribution is 5.83. The summed E-state index contributed by atoms with van der Waals surface area (Å²) in [6.07, 6.45) is 0.884. The van der Waals surface area contributed by atoms with E-state index in [4.69, 9.17) is 9.47 Å². The van der Waals surface area contributed by atoms with Gasteiger partial charge < -0.3 is 14.6 Å². The number of esters is 1. The summed E-state index contributed by atoms with van der Waals surface area (Å²) in [4.78, 5) is 26.6. The van der Waals surface area contributed by atoms with E-state index < -0.39 is 24.2 Å². The second-order valence-electron chi connectivity index (χ2n) is 7.57. The number of amides is 1. The van der Waals surface area contributed by atoms with Crippen molar-refractivity contribution in [2.45, 2.75) is 30.9 Å². The van der Waals surface area contributed by atoms with Crippen molar-refractivity contribution in [3.8, 4) is 11.1 Å². The van der Waals surface area contributed by atoms with E-state index in [1.165, 1.54) is 11.0 Å². The third kappa shape index (κ3) is 3.71. The Morgan fingerprint density at radius 3 is 2.33 bits per heavy atom. The Kier molecular flexibility index (Phi) is 5.86. The number of aliphatic hydroxyl groups excluding tert-OH is 1. The van der Waals surface area contributed by atoms with Crippen molar-refractivity contribution < 1.29 is 24.2 Å². The molecule has 0 spiro atoms. The molecule has 2 unspecified atom stereocenters. The Balaban J connectivity index is 1.50. The Morgan fingerprint density at radius 1 is 1.07 bits per heavy atom. The van der Waals surface area contributed by atoms with Crippen LogP contribution in [0, 0.1) is 0 Å². The number of ether oxygens (including phenoxy) is 2. The maximum atomic E-state index is 12.9. The second kappa shape index (κ2) is 8.71. The first kappa shape index (κ1) is 20.2. The molecule has 0 saturated carbocycles. The third-order valence-corrected chi connectivity index (χ3v) is 5.75. The van der Waals surface area contributed by atoms with E-state index >= 15 is 0 Å². The first-order valence-corrected chi connectivity index (χ1v) is 10.2. The number of benzene rings is 2. The molecule has 1 heterocycles. The molecule has 6 heteroatoms. The van der Waals surface area contributed by atoms with E-state index in [9.17, 15) is 14.7 Å². The zero-order valence-electron chi connectivity index (χ0n) is 16.7. The van der Waals surface area contributed by atoms with Gasteiger partial charge in [0.15, 0.2) is 6.04 Å². The molecule has 1 fully saturated rings. The smallest absolute Gasteiger partial charge is 0.410 e. The molecule has 0 bridgehead atoms. The number of nitrogens with zero attached hydrogens (tertiary/aromatic N) is 1. The van der Waals surface area contributed by atoms with Crippen molar-refractivity contribution in [2.24, 2.45) is 0 Å². The van der Waals surface area contributed by atoms with Crippen molar-refractivity contribution in [3.63, 3.8) is 0 Å². The summed E-state index contributed by atoms with van der Waals surface area (Å²) in [6.45, 7) is 4.04. The highest BCUT2D eigenvalue weighted by atomic mass is 16.6. The molecule has 1 N–H and O–H groups in total. The van der Waals surface area contributed by atoms with Gasteiger partial charge in [-0.3, -0.25) is 4.90 Å². The zero-order chi connectivity index (χ0) is 21.1. The van der Waals surface area contributed by atoms with Crippen LogP contribution in [-0.2, 0) is 14.3 Å². The van der Waals surface area contributed by atoms with Crippen LogP contribution in [0.2, 0.25) is 0 Å². The minimum absolute atomic E-state index is 0.0284. The maximum Gasteiger partial charge on any atom is 0.410 e. The molecular formula is C24H25NO5. The predicted molar refractivity (Wildman–Crippen MR) is 112 cm³/mol. The number of carbonyl (C=O) groups excluding carboxylic acids is 2. The van der Waals surface area contributed by atoms with Gasteiger partial charge in [0.1, 0.15) is 13.2 Å². The summed E-state index contributed by atoms with van der Waals surface area (Å²) in [5, 5.41) is 10.3. The molecule has 2 aromatic carbocycles. The first-order valence-electron chi connectivity index (χ1n) is 10.2. The molecule has 2 aliphatic rings. The Labute approximate surface area is 175 Å². The summed E-state index contributed by atoms with van der Waals surface area (Å²) in [6, 6.07) is 15.1. The van der Waals surface area contributed by atoms with Crippen LogP contribution in [0.1, 0.15) is 29.9 Å². The number of aliphatic hydroxyl groups is 1. The number of rotatable bonds is 5. The van der Waals surface area contributed by atoms with Gasteiger partial charge in [0.05, 0.1) is 6.10 Å². The average molecular weight is 407 g/mol. The summed E-state index contributed by atoms with van der Waals surface area (Å²) in [5.74, 6) is -0.710. The largest absolute Gasteiger partial charge is 0.460 e. The molecule has 30 heavy (non-hydrogen) atoms. The predicted octanol–water partition coefficient (Wildman–Crippen LogP) is 3.49. The lowest BCUT2D eigenvalue weighted by Gasteiger charge is -2.36. The third-order valence-electron chi connectivity index (χ3n) is 5.75. The van der Waals surface area contributed by atoms with Gasteiger partial charge >= 0.3 is 12.1 Å². The molecule has 156 valence electrons. The number of hydrogen-bond donors (Lipinski definition) is 1. The van der Waals surface area contributed by atoms with Crippen molar-refractivity contribution in [1.29, 1.82) is 0 Å². The fraction of sp³-hybridized carbons (Fsp3) is 0.333. The molecule has 6 nitrogen and oxygen atoms in total. The molecule has 0 radical (unpaired) electrons. The average Bonchev–Trinajstić information content (AvgIpc) is 3.09. The minimum Gasteiger partial charge on any atom is -0.460 e. The number of fused-ring (bicyclic) bond motifs is 3.